The summed E-state index contributed by atoms with van der Waals surface area (Å²) in [6.45, 7) is 4.09. The van der Waals surface area contributed by atoms with Crippen LogP contribution in [0.3, 0.4) is 0 Å². The first-order valence-electron chi connectivity index (χ1n) is 4.76. The molecule has 78 valence electrons. The van der Waals surface area contributed by atoms with Crippen LogP contribution in [0.5, 0.6) is 0 Å². The van der Waals surface area contributed by atoms with Crippen LogP contribution in [0.15, 0.2) is 4.99 Å². The van der Waals surface area contributed by atoms with E-state index >= 15 is 0 Å². The molecule has 2 aliphatic heterocycles. The van der Waals surface area contributed by atoms with Gasteiger partial charge in [-0.25, -0.2) is 4.79 Å². The molecule has 5 heteroatoms. The van der Waals surface area contributed by atoms with E-state index in [0.29, 0.717) is 5.75 Å². The van der Waals surface area contributed by atoms with Crippen LogP contribution >= 0.6 is 11.8 Å². The maximum absolute atomic E-state index is 10.7. The molecular formula is C9H14N2O2S. The molecule has 2 aliphatic rings. The number of hydrogen-bond donors (Lipinski definition) is 2. The van der Waals surface area contributed by atoms with Crippen LogP contribution in [0.25, 0.3) is 0 Å². The number of carboxylic acids is 1. The van der Waals surface area contributed by atoms with Crippen molar-refractivity contribution in [3.8, 4) is 0 Å². The van der Waals surface area contributed by atoms with Crippen molar-refractivity contribution in [1.29, 1.82) is 0 Å². The second-order valence-electron chi connectivity index (χ2n) is 4.09. The molecule has 0 aromatic rings. The van der Waals surface area contributed by atoms with E-state index < -0.39 is 12.0 Å². The second-order valence-corrected chi connectivity index (χ2v) is 5.10. The summed E-state index contributed by atoms with van der Waals surface area (Å²) in [6.07, 6.45) is 1.06. The third-order valence-electron chi connectivity index (χ3n) is 2.82. The van der Waals surface area contributed by atoms with Crippen molar-refractivity contribution in [2.45, 2.75) is 19.4 Å². The molecule has 1 unspecified atom stereocenters. The Labute approximate surface area is 87.2 Å². The van der Waals surface area contributed by atoms with Crippen LogP contribution in [0.4, 0.5) is 0 Å². The van der Waals surface area contributed by atoms with Crippen molar-refractivity contribution in [3.63, 3.8) is 0 Å². The SMILES string of the molecule is CC1(C2=N[C@H](C(=O)O)CS2)CCNC1. The second kappa shape index (κ2) is 3.55. The fraction of sp³-hybridized carbons (Fsp3) is 0.778. The maximum Gasteiger partial charge on any atom is 0.329 e. The maximum atomic E-state index is 10.7. The van der Waals surface area contributed by atoms with Gasteiger partial charge in [0.25, 0.3) is 0 Å². The summed E-state index contributed by atoms with van der Waals surface area (Å²) in [4.78, 5) is 15.0. The van der Waals surface area contributed by atoms with Crippen LogP contribution in [0.2, 0.25) is 0 Å². The molecule has 1 saturated heterocycles. The zero-order valence-corrected chi connectivity index (χ0v) is 8.93. The average Bonchev–Trinajstić information content (AvgIpc) is 2.71. The average molecular weight is 214 g/mol. The highest BCUT2D eigenvalue weighted by molar-refractivity contribution is 8.14. The number of thioether (sulfide) groups is 1. The number of nitrogens with one attached hydrogen (secondary N) is 1. The summed E-state index contributed by atoms with van der Waals surface area (Å²) in [6, 6.07) is -0.521. The van der Waals surface area contributed by atoms with E-state index in [1.807, 2.05) is 0 Å². The number of aliphatic carboxylic acids is 1. The quantitative estimate of drug-likeness (QED) is 0.706. The smallest absolute Gasteiger partial charge is 0.329 e. The third kappa shape index (κ3) is 1.66. The van der Waals surface area contributed by atoms with Crippen molar-refractivity contribution in [2.75, 3.05) is 18.8 Å². The van der Waals surface area contributed by atoms with Gasteiger partial charge >= 0.3 is 5.97 Å². The molecule has 1 fully saturated rings. The van der Waals surface area contributed by atoms with Gasteiger partial charge in [0, 0.05) is 17.7 Å². The van der Waals surface area contributed by atoms with Crippen molar-refractivity contribution < 1.29 is 9.90 Å². The zero-order valence-electron chi connectivity index (χ0n) is 8.12. The first-order valence-corrected chi connectivity index (χ1v) is 5.75. The number of carbonyl (C=O) groups is 1. The lowest BCUT2D eigenvalue weighted by Gasteiger charge is -2.21. The first-order chi connectivity index (χ1) is 6.62. The van der Waals surface area contributed by atoms with Gasteiger partial charge in [0.15, 0.2) is 6.04 Å². The van der Waals surface area contributed by atoms with Crippen molar-refractivity contribution in [1.82, 2.24) is 5.32 Å². The van der Waals surface area contributed by atoms with Crippen LogP contribution in [0, 0.1) is 5.41 Å². The monoisotopic (exact) mass is 214 g/mol. The first kappa shape index (κ1) is 9.98. The van der Waals surface area contributed by atoms with Crippen LogP contribution in [-0.2, 0) is 4.79 Å². The molecular weight excluding hydrogens is 200 g/mol. The minimum absolute atomic E-state index is 0.0782. The van der Waals surface area contributed by atoms with E-state index in [-0.39, 0.29) is 5.41 Å². The van der Waals surface area contributed by atoms with Gasteiger partial charge in [-0.1, -0.05) is 6.92 Å². The molecule has 0 saturated carbocycles. The third-order valence-corrected chi connectivity index (χ3v) is 4.18. The number of carboxylic acid groups (broad SMARTS) is 1. The van der Waals surface area contributed by atoms with E-state index in [4.69, 9.17) is 5.11 Å². The van der Waals surface area contributed by atoms with E-state index in [2.05, 4.69) is 17.2 Å². The molecule has 0 spiro atoms. The summed E-state index contributed by atoms with van der Waals surface area (Å²) >= 11 is 1.60. The Bertz CT molecular complexity index is 285. The fourth-order valence-corrected chi connectivity index (χ4v) is 3.09. The standard InChI is InChI=1S/C9H14N2O2S/c1-9(2-3-10-5-9)8-11-6(4-14-8)7(12)13/h6,10H,2-5H2,1H3,(H,12,13)/t6-,9?/m0/s1. The predicted octanol–water partition coefficient (Wildman–Crippen LogP) is 0.585. The lowest BCUT2D eigenvalue weighted by molar-refractivity contribution is -0.137. The van der Waals surface area contributed by atoms with E-state index in [1.165, 1.54) is 0 Å². The van der Waals surface area contributed by atoms with Crippen molar-refractivity contribution in [3.05, 3.63) is 0 Å². The molecule has 2 atom stereocenters. The molecule has 0 aromatic carbocycles. The van der Waals surface area contributed by atoms with E-state index in [1.54, 1.807) is 11.8 Å². The molecule has 0 bridgehead atoms. The van der Waals surface area contributed by atoms with Gasteiger partial charge in [0.05, 0.1) is 5.04 Å². The molecule has 2 heterocycles. The lowest BCUT2D eigenvalue weighted by Crippen LogP contribution is -2.27. The van der Waals surface area contributed by atoms with Gasteiger partial charge in [0.2, 0.25) is 0 Å². The van der Waals surface area contributed by atoms with E-state index in [0.717, 1.165) is 24.6 Å². The Balaban J connectivity index is 2.12. The molecule has 0 amide bonds. The molecule has 0 aliphatic carbocycles. The molecule has 4 nitrogen and oxygen atoms in total. The summed E-state index contributed by atoms with van der Waals surface area (Å²) in [5, 5.41) is 13.1. The van der Waals surface area contributed by atoms with Gasteiger partial charge in [-0.2, -0.15) is 0 Å². The molecule has 2 N–H and O–H groups in total. The van der Waals surface area contributed by atoms with Gasteiger partial charge in [-0.05, 0) is 13.0 Å². The summed E-state index contributed by atoms with van der Waals surface area (Å²) < 4.78 is 0. The largest absolute Gasteiger partial charge is 0.480 e. The number of rotatable bonds is 2. The van der Waals surface area contributed by atoms with Gasteiger partial charge in [-0.3, -0.25) is 4.99 Å². The Hall–Kier alpha value is -0.550. The van der Waals surface area contributed by atoms with Crippen molar-refractivity contribution in [2.24, 2.45) is 10.4 Å². The minimum atomic E-state index is -0.804. The minimum Gasteiger partial charge on any atom is -0.480 e. The Morgan fingerprint density at radius 1 is 1.79 bits per heavy atom. The number of nitrogens with zero attached hydrogens (tertiary/aromatic N) is 1. The zero-order chi connectivity index (χ0) is 10.2. The summed E-state index contributed by atoms with van der Waals surface area (Å²) in [5.74, 6) is -0.206. The highest BCUT2D eigenvalue weighted by Crippen LogP contribution is 2.36. The Kier molecular flexibility index (Phi) is 2.53. The van der Waals surface area contributed by atoms with Crippen LogP contribution < -0.4 is 5.32 Å². The molecule has 0 radical (unpaired) electrons. The number of hydrogen-bond acceptors (Lipinski definition) is 4. The summed E-state index contributed by atoms with van der Waals surface area (Å²) in [7, 11) is 0. The molecule has 0 aromatic heterocycles. The van der Waals surface area contributed by atoms with Gasteiger partial charge in [-0.15, -0.1) is 11.8 Å². The lowest BCUT2D eigenvalue weighted by atomic mass is 9.91. The Morgan fingerprint density at radius 3 is 3.07 bits per heavy atom. The Morgan fingerprint density at radius 2 is 2.57 bits per heavy atom. The molecule has 14 heavy (non-hydrogen) atoms. The predicted molar refractivity (Wildman–Crippen MR) is 56.9 cm³/mol. The van der Waals surface area contributed by atoms with Gasteiger partial charge in [0.1, 0.15) is 0 Å². The summed E-state index contributed by atoms with van der Waals surface area (Å²) in [5.41, 5.74) is 0.0782. The van der Waals surface area contributed by atoms with Gasteiger partial charge < -0.3 is 10.4 Å². The highest BCUT2D eigenvalue weighted by Gasteiger charge is 2.38. The molecule has 2 rings (SSSR count). The topological polar surface area (TPSA) is 61.7 Å². The van der Waals surface area contributed by atoms with E-state index in [9.17, 15) is 4.79 Å². The van der Waals surface area contributed by atoms with Crippen LogP contribution in [0.1, 0.15) is 13.3 Å². The normalized spacial score (nSPS) is 37.2. The number of aliphatic imine (C=N–C) groups is 1. The highest BCUT2D eigenvalue weighted by atomic mass is 32.2. The van der Waals surface area contributed by atoms with Crippen LogP contribution in [-0.4, -0.2) is 41.0 Å². The fourth-order valence-electron chi connectivity index (χ4n) is 1.83. The van der Waals surface area contributed by atoms with Crippen molar-refractivity contribution >= 4 is 22.8 Å².